The van der Waals surface area contributed by atoms with E-state index in [0.29, 0.717) is 17.7 Å². The highest BCUT2D eigenvalue weighted by Crippen LogP contribution is 2.47. The molecule has 0 aromatic heterocycles. The molecular weight excluding hydrogens is 306 g/mol. The third kappa shape index (κ3) is 3.13. The highest BCUT2D eigenvalue weighted by Gasteiger charge is 2.75. The van der Waals surface area contributed by atoms with E-state index in [4.69, 9.17) is 0 Å². The van der Waals surface area contributed by atoms with Crippen LogP contribution < -0.4 is 0 Å². The van der Waals surface area contributed by atoms with E-state index in [1.54, 1.807) is 0 Å². The molecule has 0 aromatic rings. The van der Waals surface area contributed by atoms with Crippen LogP contribution in [0.25, 0.3) is 0 Å². The molecule has 1 amide bonds. The van der Waals surface area contributed by atoms with Crippen LogP contribution in [0.15, 0.2) is 0 Å². The molecule has 1 unspecified atom stereocenters. The van der Waals surface area contributed by atoms with Gasteiger partial charge in [0, 0.05) is 13.1 Å². The van der Waals surface area contributed by atoms with Gasteiger partial charge in [-0.1, -0.05) is 0 Å². The van der Waals surface area contributed by atoms with E-state index in [1.165, 1.54) is 0 Å². The minimum Gasteiger partial charge on any atom is -0.338 e. The maximum atomic E-state index is 13.1. The number of halogens is 8. The van der Waals surface area contributed by atoms with Gasteiger partial charge in [-0.25, -0.2) is 4.39 Å². The fourth-order valence-electron chi connectivity index (χ4n) is 1.50. The van der Waals surface area contributed by atoms with Crippen LogP contribution in [0, 0.1) is 0 Å². The van der Waals surface area contributed by atoms with E-state index in [0.717, 1.165) is 0 Å². The highest BCUT2D eigenvalue weighted by molar-refractivity contribution is 5.79. The maximum absolute atomic E-state index is 13.1. The summed E-state index contributed by atoms with van der Waals surface area (Å²) in [6.45, 7) is -0.0201. The fraction of sp³-hybridized carbons (Fsp3) is 0.889. The van der Waals surface area contributed by atoms with E-state index in [2.05, 4.69) is 4.74 Å². The van der Waals surface area contributed by atoms with Gasteiger partial charge >= 0.3 is 18.2 Å². The number of ether oxygens (including phenoxy) is 1. The van der Waals surface area contributed by atoms with E-state index < -0.39 is 30.5 Å². The molecule has 1 atom stereocenters. The van der Waals surface area contributed by atoms with Crippen LogP contribution in [-0.2, 0) is 9.53 Å². The van der Waals surface area contributed by atoms with E-state index in [1.807, 2.05) is 0 Å². The summed E-state index contributed by atoms with van der Waals surface area (Å²) in [5.74, 6) is -8.32. The Labute approximate surface area is 107 Å². The Morgan fingerprint density at radius 1 is 1.00 bits per heavy atom. The van der Waals surface area contributed by atoms with Gasteiger partial charge in [0.15, 0.2) is 0 Å². The molecule has 11 heteroatoms. The second-order valence-corrected chi connectivity index (χ2v) is 4.06. The second kappa shape index (κ2) is 5.34. The van der Waals surface area contributed by atoms with Gasteiger partial charge in [0.05, 0.1) is 0 Å². The Morgan fingerprint density at radius 2 is 1.45 bits per heavy atom. The molecule has 118 valence electrons. The molecule has 1 aliphatic rings. The minimum absolute atomic E-state index is 0.0101. The Bertz CT molecular complexity index is 363. The molecule has 1 rings (SSSR count). The smallest absolute Gasteiger partial charge is 0.338 e. The van der Waals surface area contributed by atoms with Crippen molar-refractivity contribution in [2.45, 2.75) is 37.4 Å². The SMILES string of the molecule is O=C(C(F)OC(F)(F)C(F)(F)C(F)(F)F)N1CCCC1. The van der Waals surface area contributed by atoms with Crippen molar-refractivity contribution in [3.8, 4) is 0 Å². The van der Waals surface area contributed by atoms with Gasteiger partial charge in [0.2, 0.25) is 0 Å². The van der Waals surface area contributed by atoms with Crippen molar-refractivity contribution in [2.24, 2.45) is 0 Å². The van der Waals surface area contributed by atoms with Crippen LogP contribution in [-0.4, -0.2) is 48.5 Å². The summed E-state index contributed by atoms with van der Waals surface area (Å²) in [5.41, 5.74) is 0. The monoisotopic (exact) mass is 315 g/mol. The molecule has 1 aliphatic heterocycles. The first-order valence-electron chi connectivity index (χ1n) is 5.33. The predicted molar refractivity (Wildman–Crippen MR) is 47.7 cm³/mol. The summed E-state index contributed by atoms with van der Waals surface area (Å²) < 4.78 is 101. The molecule has 0 saturated carbocycles. The lowest BCUT2D eigenvalue weighted by atomic mass is 10.3. The van der Waals surface area contributed by atoms with Crippen LogP contribution in [0.5, 0.6) is 0 Å². The van der Waals surface area contributed by atoms with E-state index in [9.17, 15) is 39.9 Å². The van der Waals surface area contributed by atoms with Crippen molar-refractivity contribution in [3.05, 3.63) is 0 Å². The number of carbonyl (C=O) groups excluding carboxylic acids is 1. The first-order valence-corrected chi connectivity index (χ1v) is 5.33. The molecule has 0 spiro atoms. The number of hydrogen-bond acceptors (Lipinski definition) is 2. The van der Waals surface area contributed by atoms with Gasteiger partial charge in [-0.15, -0.1) is 0 Å². The lowest BCUT2D eigenvalue weighted by Gasteiger charge is -2.29. The average Bonchev–Trinajstić information content (AvgIpc) is 2.78. The fourth-order valence-corrected chi connectivity index (χ4v) is 1.50. The number of rotatable bonds is 4. The molecule has 0 bridgehead atoms. The standard InChI is InChI=1S/C9H9F8NO2/c10-5(6(19)18-3-1-2-4-18)20-9(16,17)7(11,12)8(13,14)15/h5H,1-4H2. The van der Waals surface area contributed by atoms with Gasteiger partial charge in [-0.05, 0) is 12.8 Å². The van der Waals surface area contributed by atoms with Gasteiger partial charge < -0.3 is 4.90 Å². The zero-order valence-electron chi connectivity index (χ0n) is 9.69. The molecule has 0 radical (unpaired) electrons. The Morgan fingerprint density at radius 3 is 1.85 bits per heavy atom. The maximum Gasteiger partial charge on any atom is 0.462 e. The Kier molecular flexibility index (Phi) is 4.52. The summed E-state index contributed by atoms with van der Waals surface area (Å²) in [4.78, 5) is 11.9. The molecule has 1 fully saturated rings. The summed E-state index contributed by atoms with van der Waals surface area (Å²) in [5, 5.41) is 0. The van der Waals surface area contributed by atoms with Gasteiger partial charge in [0.1, 0.15) is 0 Å². The predicted octanol–water partition coefficient (Wildman–Crippen LogP) is 2.71. The number of carbonyl (C=O) groups is 1. The third-order valence-corrected chi connectivity index (χ3v) is 2.58. The zero-order valence-corrected chi connectivity index (χ0v) is 9.69. The third-order valence-electron chi connectivity index (χ3n) is 2.58. The highest BCUT2D eigenvalue weighted by atomic mass is 19.4. The van der Waals surface area contributed by atoms with E-state index >= 15 is 0 Å². The van der Waals surface area contributed by atoms with Crippen molar-refractivity contribution in [1.82, 2.24) is 4.90 Å². The van der Waals surface area contributed by atoms with Crippen LogP contribution in [0.3, 0.4) is 0 Å². The molecule has 0 aromatic carbocycles. The molecular formula is C9H9F8NO2. The van der Waals surface area contributed by atoms with Crippen LogP contribution in [0.4, 0.5) is 35.1 Å². The summed E-state index contributed by atoms with van der Waals surface area (Å²) in [7, 11) is 0. The second-order valence-electron chi connectivity index (χ2n) is 4.06. The number of likely N-dealkylation sites (tertiary alicyclic amines) is 1. The quantitative estimate of drug-likeness (QED) is 0.747. The number of hydrogen-bond donors (Lipinski definition) is 0. The molecule has 0 aliphatic carbocycles. The topological polar surface area (TPSA) is 29.5 Å². The Hall–Kier alpha value is -1.13. The van der Waals surface area contributed by atoms with Crippen molar-refractivity contribution in [3.63, 3.8) is 0 Å². The average molecular weight is 315 g/mol. The summed E-state index contributed by atoms with van der Waals surface area (Å²) in [6, 6.07) is 0. The number of alkyl halides is 8. The van der Waals surface area contributed by atoms with Gasteiger partial charge in [0.25, 0.3) is 12.3 Å². The van der Waals surface area contributed by atoms with E-state index in [-0.39, 0.29) is 13.1 Å². The summed E-state index contributed by atoms with van der Waals surface area (Å²) >= 11 is 0. The molecule has 1 saturated heterocycles. The van der Waals surface area contributed by atoms with Crippen LogP contribution in [0.2, 0.25) is 0 Å². The van der Waals surface area contributed by atoms with Crippen molar-refractivity contribution >= 4 is 5.91 Å². The number of amides is 1. The van der Waals surface area contributed by atoms with Crippen LogP contribution in [0.1, 0.15) is 12.8 Å². The lowest BCUT2D eigenvalue weighted by molar-refractivity contribution is -0.435. The molecule has 0 N–H and O–H groups in total. The zero-order chi connectivity index (χ0) is 15.8. The first kappa shape index (κ1) is 16.9. The lowest BCUT2D eigenvalue weighted by Crippen LogP contribution is -2.55. The minimum atomic E-state index is -6.65. The van der Waals surface area contributed by atoms with Crippen molar-refractivity contribution in [2.75, 3.05) is 13.1 Å². The molecule has 1 heterocycles. The van der Waals surface area contributed by atoms with Gasteiger partial charge in [-0.3, -0.25) is 9.53 Å². The Balaban J connectivity index is 2.77. The normalized spacial score (nSPS) is 19.3. The number of nitrogens with zero attached hydrogens (tertiary/aromatic N) is 1. The molecule has 20 heavy (non-hydrogen) atoms. The summed E-state index contributed by atoms with van der Waals surface area (Å²) in [6.07, 6.45) is -15.6. The van der Waals surface area contributed by atoms with Crippen molar-refractivity contribution < 1.29 is 44.7 Å². The van der Waals surface area contributed by atoms with Crippen molar-refractivity contribution in [1.29, 1.82) is 0 Å². The largest absolute Gasteiger partial charge is 0.462 e. The van der Waals surface area contributed by atoms with Gasteiger partial charge in [-0.2, -0.15) is 30.7 Å². The van der Waals surface area contributed by atoms with Crippen LogP contribution >= 0.6 is 0 Å². The molecule has 3 nitrogen and oxygen atoms in total. The first-order chi connectivity index (χ1) is 8.90.